The molecule has 1 unspecified atom stereocenters. The Morgan fingerprint density at radius 1 is 1.07 bits per heavy atom. The van der Waals surface area contributed by atoms with E-state index in [1.165, 1.54) is 0 Å². The molecule has 0 aliphatic carbocycles. The van der Waals surface area contributed by atoms with Gasteiger partial charge in [0.05, 0.1) is 12.2 Å². The number of aliphatic hydroxyl groups is 1. The van der Waals surface area contributed by atoms with Gasteiger partial charge in [-0.05, 0) is 24.1 Å². The van der Waals surface area contributed by atoms with Crippen LogP contribution in [0.15, 0.2) is 74.8 Å². The van der Waals surface area contributed by atoms with Gasteiger partial charge in [0, 0.05) is 5.75 Å². The van der Waals surface area contributed by atoms with Gasteiger partial charge in [0.25, 0.3) is 6.10 Å². The minimum Gasteiger partial charge on any atom is -0.506 e. The van der Waals surface area contributed by atoms with Crippen LogP contribution < -0.4 is 10.4 Å². The highest BCUT2D eigenvalue weighted by molar-refractivity contribution is 7.99. The summed E-state index contributed by atoms with van der Waals surface area (Å²) in [7, 11) is 0. The Morgan fingerprint density at radius 2 is 1.70 bits per heavy atom. The van der Waals surface area contributed by atoms with Crippen molar-refractivity contribution < 1.29 is 29.3 Å². The first kappa shape index (κ1) is 21.5. The van der Waals surface area contributed by atoms with Crippen LogP contribution in [0.2, 0.25) is 0 Å². The lowest BCUT2D eigenvalue weighted by Crippen LogP contribution is -2.22. The van der Waals surface area contributed by atoms with E-state index in [2.05, 4.69) is 0 Å². The zero-order valence-corrected chi connectivity index (χ0v) is 16.7. The van der Waals surface area contributed by atoms with Crippen LogP contribution in [0.1, 0.15) is 23.0 Å². The average Bonchev–Trinajstić information content (AvgIpc) is 2.75. The van der Waals surface area contributed by atoms with Gasteiger partial charge in [-0.2, -0.15) is 0 Å². The quantitative estimate of drug-likeness (QED) is 0.444. The van der Waals surface area contributed by atoms with E-state index in [0.29, 0.717) is 12.2 Å². The van der Waals surface area contributed by atoms with Gasteiger partial charge in [0.1, 0.15) is 16.4 Å². The number of aliphatic carboxylic acids is 1. The van der Waals surface area contributed by atoms with Crippen LogP contribution in [0.5, 0.6) is 11.5 Å². The van der Waals surface area contributed by atoms with E-state index in [-0.39, 0.29) is 16.2 Å². The number of thioether (sulfide) groups is 1. The van der Waals surface area contributed by atoms with Crippen LogP contribution in [0, 0.1) is 0 Å². The van der Waals surface area contributed by atoms with Gasteiger partial charge in [-0.1, -0.05) is 48.5 Å². The summed E-state index contributed by atoms with van der Waals surface area (Å²) in [6, 6.07) is 17.7. The zero-order valence-electron chi connectivity index (χ0n) is 15.9. The highest BCUT2D eigenvalue weighted by atomic mass is 32.2. The molecular weight excluding hydrogens is 408 g/mol. The van der Waals surface area contributed by atoms with Gasteiger partial charge in [-0.25, -0.2) is 9.59 Å². The molecule has 0 fully saturated rings. The number of hydrogen-bond donors (Lipinski definition) is 3. The van der Waals surface area contributed by atoms with Crippen LogP contribution in [0.4, 0.5) is 0 Å². The van der Waals surface area contributed by atoms with Gasteiger partial charge in [0.2, 0.25) is 0 Å². The Hall–Kier alpha value is -3.23. The third-order valence-electron chi connectivity index (χ3n) is 4.28. The fraction of sp³-hybridized carbons (Fsp3) is 0.182. The minimum absolute atomic E-state index is 0.0809. The number of aryl methyl sites for hydroxylation is 1. The van der Waals surface area contributed by atoms with Crippen LogP contribution in [-0.2, 0) is 17.8 Å². The van der Waals surface area contributed by atoms with Crippen molar-refractivity contribution in [2.45, 2.75) is 24.0 Å². The molecule has 3 N–H and O–H groups in total. The fourth-order valence-electron chi connectivity index (χ4n) is 2.82. The van der Waals surface area contributed by atoms with Crippen molar-refractivity contribution in [1.82, 2.24) is 0 Å². The zero-order chi connectivity index (χ0) is 21.5. The van der Waals surface area contributed by atoms with Crippen molar-refractivity contribution in [3.63, 3.8) is 0 Å². The normalized spacial score (nSPS) is 11.8. The number of hydrogen-bond acceptors (Lipinski definition) is 7. The van der Waals surface area contributed by atoms with E-state index in [1.807, 2.05) is 30.3 Å². The first-order chi connectivity index (χ1) is 14.5. The molecule has 30 heavy (non-hydrogen) atoms. The Morgan fingerprint density at radius 3 is 2.30 bits per heavy atom. The van der Waals surface area contributed by atoms with Gasteiger partial charge < -0.3 is 24.5 Å². The number of aliphatic hydroxyl groups excluding tert-OH is 1. The number of aromatic hydroxyl groups is 1. The lowest BCUT2D eigenvalue weighted by Gasteiger charge is -2.18. The molecule has 1 heterocycles. The third-order valence-corrected chi connectivity index (χ3v) is 5.34. The minimum atomic E-state index is -1.71. The average molecular weight is 428 g/mol. The largest absolute Gasteiger partial charge is 0.506 e. The Kier molecular flexibility index (Phi) is 7.16. The number of carboxylic acids is 1. The molecule has 2 aromatic carbocycles. The van der Waals surface area contributed by atoms with Crippen molar-refractivity contribution in [3.05, 3.63) is 88.0 Å². The summed E-state index contributed by atoms with van der Waals surface area (Å²) in [6.45, 7) is -0.723. The monoisotopic (exact) mass is 428 g/mol. The van der Waals surface area contributed by atoms with E-state index in [9.17, 15) is 24.9 Å². The molecule has 0 aliphatic heterocycles. The maximum atomic E-state index is 12.5. The van der Waals surface area contributed by atoms with Gasteiger partial charge >= 0.3 is 11.6 Å². The number of benzene rings is 2. The topological polar surface area (TPSA) is 117 Å². The Bertz CT molecular complexity index is 1050. The maximum absolute atomic E-state index is 12.5. The molecule has 0 radical (unpaired) electrons. The summed E-state index contributed by atoms with van der Waals surface area (Å²) >= 11 is 1.08. The van der Waals surface area contributed by atoms with Crippen molar-refractivity contribution in [3.8, 4) is 11.5 Å². The number of para-hydroxylation sites is 1. The number of carboxylic acid groups (broad SMARTS) is 1. The third kappa shape index (κ3) is 5.03. The number of ether oxygens (including phenoxy) is 1. The van der Waals surface area contributed by atoms with Gasteiger partial charge in [-0.15, -0.1) is 11.8 Å². The van der Waals surface area contributed by atoms with E-state index < -0.39 is 35.8 Å². The van der Waals surface area contributed by atoms with Crippen LogP contribution >= 0.6 is 11.8 Å². The summed E-state index contributed by atoms with van der Waals surface area (Å²) in [4.78, 5) is 24.1. The molecule has 0 saturated heterocycles. The molecule has 8 heteroatoms. The Balaban J connectivity index is 1.88. The first-order valence-electron chi connectivity index (χ1n) is 9.12. The number of rotatable bonds is 9. The SMILES string of the molecule is O=C(O)C(Oc1ccccc1)c1oc(=O)c(SCCc2ccccc2)c(O)c1CO. The lowest BCUT2D eigenvalue weighted by molar-refractivity contribution is -0.146. The summed E-state index contributed by atoms with van der Waals surface area (Å²) in [5, 5.41) is 29.9. The predicted molar refractivity (Wildman–Crippen MR) is 111 cm³/mol. The van der Waals surface area contributed by atoms with E-state index in [0.717, 1.165) is 17.3 Å². The van der Waals surface area contributed by atoms with Gasteiger partial charge in [-0.3, -0.25) is 0 Å². The number of carbonyl (C=O) groups is 1. The van der Waals surface area contributed by atoms with E-state index in [4.69, 9.17) is 9.15 Å². The summed E-state index contributed by atoms with van der Waals surface area (Å²) < 4.78 is 10.6. The molecule has 7 nitrogen and oxygen atoms in total. The van der Waals surface area contributed by atoms with Crippen LogP contribution in [-0.4, -0.2) is 27.0 Å². The molecule has 0 amide bonds. The first-order valence-corrected chi connectivity index (χ1v) is 10.1. The second kappa shape index (κ2) is 10.00. The maximum Gasteiger partial charge on any atom is 0.353 e. The van der Waals surface area contributed by atoms with Crippen LogP contribution in [0.25, 0.3) is 0 Å². The molecule has 1 aromatic heterocycles. The molecule has 3 aromatic rings. The Labute approximate surface area is 176 Å². The summed E-state index contributed by atoms with van der Waals surface area (Å²) in [5.41, 5.74) is -0.0177. The second-order valence-corrected chi connectivity index (χ2v) is 7.41. The van der Waals surface area contributed by atoms with Gasteiger partial charge in [0.15, 0.2) is 5.76 Å². The molecule has 156 valence electrons. The van der Waals surface area contributed by atoms with Crippen molar-refractivity contribution in [1.29, 1.82) is 0 Å². The van der Waals surface area contributed by atoms with Crippen molar-refractivity contribution in [2.75, 3.05) is 5.75 Å². The van der Waals surface area contributed by atoms with Crippen molar-refractivity contribution in [2.24, 2.45) is 0 Å². The lowest BCUT2D eigenvalue weighted by atomic mass is 10.1. The highest BCUT2D eigenvalue weighted by Crippen LogP contribution is 2.35. The van der Waals surface area contributed by atoms with E-state index in [1.54, 1.807) is 30.3 Å². The molecule has 0 aliphatic rings. The highest BCUT2D eigenvalue weighted by Gasteiger charge is 2.31. The smallest absolute Gasteiger partial charge is 0.353 e. The van der Waals surface area contributed by atoms with Crippen molar-refractivity contribution >= 4 is 17.7 Å². The standard InChI is InChI=1S/C22H20O7S/c23-13-16-17(24)20(30-12-11-14-7-3-1-4-8-14)22(27)29-18(16)19(21(25)26)28-15-9-5-2-6-10-15/h1-10,19,23-24H,11-13H2,(H,25,26). The molecule has 0 bridgehead atoms. The molecule has 0 spiro atoms. The van der Waals surface area contributed by atoms with Crippen LogP contribution in [0.3, 0.4) is 0 Å². The molecular formula is C22H20O7S. The fourth-order valence-corrected chi connectivity index (χ4v) is 3.78. The second-order valence-electron chi connectivity index (χ2n) is 6.30. The van der Waals surface area contributed by atoms with E-state index >= 15 is 0 Å². The molecule has 0 saturated carbocycles. The summed E-state index contributed by atoms with van der Waals surface area (Å²) in [5.74, 6) is -1.65. The molecule has 1 atom stereocenters. The predicted octanol–water partition coefficient (Wildman–Crippen LogP) is 3.38. The molecule has 3 rings (SSSR count). The summed E-state index contributed by atoms with van der Waals surface area (Å²) in [6.07, 6.45) is -1.06.